The molecule has 128 valence electrons. The molecule has 2 aromatic rings. The van der Waals surface area contributed by atoms with Crippen LogP contribution in [0.3, 0.4) is 0 Å². The van der Waals surface area contributed by atoms with Gasteiger partial charge in [-0.1, -0.05) is 26.0 Å². The van der Waals surface area contributed by atoms with Crippen molar-refractivity contribution in [3.05, 3.63) is 47.1 Å². The minimum absolute atomic E-state index is 0.109. The Balaban J connectivity index is 1.63. The van der Waals surface area contributed by atoms with Gasteiger partial charge in [-0.3, -0.25) is 9.69 Å². The van der Waals surface area contributed by atoms with Gasteiger partial charge < -0.3 is 4.90 Å². The number of benzene rings is 1. The van der Waals surface area contributed by atoms with Crippen LogP contribution in [0.5, 0.6) is 0 Å². The molecule has 0 spiro atoms. The molecule has 24 heavy (non-hydrogen) atoms. The zero-order valence-electron chi connectivity index (χ0n) is 14.2. The highest BCUT2D eigenvalue weighted by molar-refractivity contribution is 7.17. The summed E-state index contributed by atoms with van der Waals surface area (Å²) >= 11 is 1.48. The molecule has 1 fully saturated rings. The second-order valence-electron chi connectivity index (χ2n) is 6.66. The van der Waals surface area contributed by atoms with Gasteiger partial charge in [0.25, 0.3) is 5.91 Å². The van der Waals surface area contributed by atoms with Crippen molar-refractivity contribution in [2.45, 2.75) is 13.8 Å². The number of hydrogen-bond acceptors (Lipinski definition) is 3. The summed E-state index contributed by atoms with van der Waals surface area (Å²) in [7, 11) is 0. The third-order valence-electron chi connectivity index (χ3n) is 4.23. The molecule has 0 atom stereocenters. The number of carbonyl (C=O) groups is 1. The summed E-state index contributed by atoms with van der Waals surface area (Å²) in [4.78, 5) is 18.8. The molecule has 1 aliphatic heterocycles. The van der Waals surface area contributed by atoms with Crippen molar-refractivity contribution in [3.8, 4) is 10.4 Å². The van der Waals surface area contributed by atoms with E-state index in [0.717, 1.165) is 48.0 Å². The molecule has 2 heterocycles. The first-order valence-electron chi connectivity index (χ1n) is 8.40. The number of rotatable bonds is 4. The summed E-state index contributed by atoms with van der Waals surface area (Å²) in [6, 6.07) is 10.2. The average molecular weight is 346 g/mol. The number of thiophene rings is 1. The van der Waals surface area contributed by atoms with Gasteiger partial charge in [0.05, 0.1) is 4.88 Å². The summed E-state index contributed by atoms with van der Waals surface area (Å²) in [5.41, 5.74) is 0.946. The molecule has 5 heteroatoms. The summed E-state index contributed by atoms with van der Waals surface area (Å²) in [6.07, 6.45) is 0. The minimum atomic E-state index is -0.245. The van der Waals surface area contributed by atoms with Crippen LogP contribution in [0, 0.1) is 11.7 Å². The van der Waals surface area contributed by atoms with E-state index in [1.807, 2.05) is 17.0 Å². The summed E-state index contributed by atoms with van der Waals surface area (Å²) in [5.74, 6) is 0.520. The van der Waals surface area contributed by atoms with E-state index in [2.05, 4.69) is 18.7 Å². The van der Waals surface area contributed by atoms with Crippen molar-refractivity contribution in [3.63, 3.8) is 0 Å². The fourth-order valence-corrected chi connectivity index (χ4v) is 4.01. The average Bonchev–Trinajstić information content (AvgIpc) is 3.05. The molecule has 0 bridgehead atoms. The number of halogens is 1. The van der Waals surface area contributed by atoms with Crippen molar-refractivity contribution >= 4 is 17.2 Å². The van der Waals surface area contributed by atoms with E-state index in [-0.39, 0.29) is 11.7 Å². The Labute approximate surface area is 146 Å². The number of nitrogens with zero attached hydrogens (tertiary/aromatic N) is 2. The molecule has 3 nitrogen and oxygen atoms in total. The van der Waals surface area contributed by atoms with E-state index in [9.17, 15) is 9.18 Å². The Hall–Kier alpha value is -1.72. The van der Waals surface area contributed by atoms with Crippen molar-refractivity contribution in [2.75, 3.05) is 32.7 Å². The minimum Gasteiger partial charge on any atom is -0.335 e. The van der Waals surface area contributed by atoms with Crippen LogP contribution >= 0.6 is 11.3 Å². The number of amides is 1. The molecule has 0 aliphatic carbocycles. The molecule has 3 rings (SSSR count). The second kappa shape index (κ2) is 7.45. The van der Waals surface area contributed by atoms with Gasteiger partial charge in [0, 0.05) is 37.6 Å². The smallest absolute Gasteiger partial charge is 0.264 e. The van der Waals surface area contributed by atoms with Gasteiger partial charge in [0.2, 0.25) is 0 Å². The van der Waals surface area contributed by atoms with Crippen molar-refractivity contribution in [1.82, 2.24) is 9.80 Å². The lowest BCUT2D eigenvalue weighted by atomic mass is 10.2. The molecule has 0 N–H and O–H groups in total. The first-order chi connectivity index (χ1) is 11.5. The van der Waals surface area contributed by atoms with Crippen LogP contribution in [0.15, 0.2) is 36.4 Å². The van der Waals surface area contributed by atoms with Crippen LogP contribution in [-0.2, 0) is 0 Å². The summed E-state index contributed by atoms with van der Waals surface area (Å²) in [5, 5.41) is 0. The largest absolute Gasteiger partial charge is 0.335 e. The third-order valence-corrected chi connectivity index (χ3v) is 5.35. The number of hydrogen-bond donors (Lipinski definition) is 0. The van der Waals surface area contributed by atoms with Crippen LogP contribution in [0.2, 0.25) is 0 Å². The quantitative estimate of drug-likeness (QED) is 0.836. The Morgan fingerprint density at radius 1 is 1.08 bits per heavy atom. The van der Waals surface area contributed by atoms with Gasteiger partial charge in [0.15, 0.2) is 0 Å². The number of piperazine rings is 1. The Morgan fingerprint density at radius 2 is 1.75 bits per heavy atom. The first-order valence-corrected chi connectivity index (χ1v) is 9.22. The SMILES string of the molecule is CC(C)CN1CCN(C(=O)c2ccc(-c3ccc(F)cc3)s2)CC1. The zero-order chi connectivity index (χ0) is 17.1. The predicted octanol–water partition coefficient (Wildman–Crippen LogP) is 3.97. The molecular formula is C19H23FN2OS. The van der Waals surface area contributed by atoms with Crippen LogP contribution < -0.4 is 0 Å². The van der Waals surface area contributed by atoms with Gasteiger partial charge in [-0.15, -0.1) is 11.3 Å². The Morgan fingerprint density at radius 3 is 2.38 bits per heavy atom. The van der Waals surface area contributed by atoms with Crippen LogP contribution in [-0.4, -0.2) is 48.4 Å². The normalized spacial score (nSPS) is 15.9. The predicted molar refractivity (Wildman–Crippen MR) is 96.9 cm³/mol. The Bertz CT molecular complexity index is 688. The number of carbonyl (C=O) groups excluding carboxylic acids is 1. The second-order valence-corrected chi connectivity index (χ2v) is 7.74. The van der Waals surface area contributed by atoms with Gasteiger partial charge >= 0.3 is 0 Å². The van der Waals surface area contributed by atoms with Crippen LogP contribution in [0.25, 0.3) is 10.4 Å². The van der Waals surface area contributed by atoms with Crippen LogP contribution in [0.1, 0.15) is 23.5 Å². The highest BCUT2D eigenvalue weighted by Gasteiger charge is 2.23. The van der Waals surface area contributed by atoms with Crippen molar-refractivity contribution in [1.29, 1.82) is 0 Å². The maximum atomic E-state index is 13.0. The monoisotopic (exact) mass is 346 g/mol. The van der Waals surface area contributed by atoms with Gasteiger partial charge in [-0.05, 0) is 35.7 Å². The summed E-state index contributed by atoms with van der Waals surface area (Å²) in [6.45, 7) is 9.00. The third kappa shape index (κ3) is 4.02. The molecule has 1 aromatic carbocycles. The molecule has 1 amide bonds. The van der Waals surface area contributed by atoms with E-state index in [1.54, 1.807) is 12.1 Å². The molecule has 1 aliphatic rings. The lowest BCUT2D eigenvalue weighted by molar-refractivity contribution is 0.0628. The Kier molecular flexibility index (Phi) is 5.31. The standard InChI is InChI=1S/C19H23FN2OS/c1-14(2)13-21-9-11-22(12-10-21)19(23)18-8-7-17(24-18)15-3-5-16(20)6-4-15/h3-8,14H,9-13H2,1-2H3. The van der Waals surface area contributed by atoms with Gasteiger partial charge in [-0.25, -0.2) is 4.39 Å². The van der Waals surface area contributed by atoms with Crippen LogP contribution in [0.4, 0.5) is 4.39 Å². The lowest BCUT2D eigenvalue weighted by Gasteiger charge is -2.35. The van der Waals surface area contributed by atoms with E-state index in [0.29, 0.717) is 5.92 Å². The molecule has 1 aromatic heterocycles. The maximum Gasteiger partial charge on any atom is 0.264 e. The fraction of sp³-hybridized carbons (Fsp3) is 0.421. The van der Waals surface area contributed by atoms with E-state index < -0.39 is 0 Å². The zero-order valence-corrected chi connectivity index (χ0v) is 15.0. The van der Waals surface area contributed by atoms with E-state index >= 15 is 0 Å². The van der Waals surface area contributed by atoms with Crippen molar-refractivity contribution < 1.29 is 9.18 Å². The highest BCUT2D eigenvalue weighted by atomic mass is 32.1. The molecular weight excluding hydrogens is 323 g/mol. The van der Waals surface area contributed by atoms with Gasteiger partial charge in [-0.2, -0.15) is 0 Å². The summed E-state index contributed by atoms with van der Waals surface area (Å²) < 4.78 is 13.0. The first kappa shape index (κ1) is 17.1. The molecule has 1 saturated heterocycles. The molecule has 0 unspecified atom stereocenters. The van der Waals surface area contributed by atoms with E-state index in [4.69, 9.17) is 0 Å². The molecule has 0 saturated carbocycles. The molecule has 0 radical (unpaired) electrons. The maximum absolute atomic E-state index is 13.0. The van der Waals surface area contributed by atoms with Gasteiger partial charge in [0.1, 0.15) is 5.82 Å². The highest BCUT2D eigenvalue weighted by Crippen LogP contribution is 2.29. The van der Waals surface area contributed by atoms with E-state index in [1.165, 1.54) is 23.5 Å². The topological polar surface area (TPSA) is 23.6 Å². The fourth-order valence-electron chi connectivity index (χ4n) is 3.03. The lowest BCUT2D eigenvalue weighted by Crippen LogP contribution is -2.49. The van der Waals surface area contributed by atoms with Crippen molar-refractivity contribution in [2.24, 2.45) is 5.92 Å².